The van der Waals surface area contributed by atoms with Crippen LogP contribution >= 0.6 is 11.3 Å². The minimum atomic E-state index is 0.786. The summed E-state index contributed by atoms with van der Waals surface area (Å²) in [6.07, 6.45) is 7.26. The normalized spacial score (nSPS) is 20.4. The number of aromatic nitrogens is 3. The zero-order chi connectivity index (χ0) is 17.5. The molecule has 3 aromatic heterocycles. The van der Waals surface area contributed by atoms with Gasteiger partial charge in [0.05, 0.1) is 5.39 Å². The Balaban J connectivity index is 1.43. The lowest BCUT2D eigenvalue weighted by molar-refractivity contribution is 0.509. The Kier molecular flexibility index (Phi) is 4.00. The first-order chi connectivity index (χ1) is 12.8. The number of hydrogen-bond acceptors (Lipinski definition) is 6. The lowest BCUT2D eigenvalue weighted by atomic mass is 9.89. The van der Waals surface area contributed by atoms with E-state index >= 15 is 0 Å². The standard InChI is InChI=1S/C20H23N5S/c1-14-5-6-15-16(12-14)26-20-18(15)19(22-13-23-20)25-10-8-24(9-11-25)17-4-2-3-7-21-17/h2-4,7,13-14H,5-6,8-12H2,1H3. The Bertz CT molecular complexity index is 915. The molecule has 5 rings (SSSR count). The molecule has 4 heterocycles. The van der Waals surface area contributed by atoms with Gasteiger partial charge in [-0.3, -0.25) is 0 Å². The van der Waals surface area contributed by atoms with Crippen molar-refractivity contribution in [3.63, 3.8) is 0 Å². The number of hydrogen-bond donors (Lipinski definition) is 0. The van der Waals surface area contributed by atoms with Crippen molar-refractivity contribution in [2.45, 2.75) is 26.2 Å². The summed E-state index contributed by atoms with van der Waals surface area (Å²) in [5.41, 5.74) is 1.52. The topological polar surface area (TPSA) is 45.2 Å². The maximum absolute atomic E-state index is 4.72. The van der Waals surface area contributed by atoms with Gasteiger partial charge in [0.25, 0.3) is 0 Å². The van der Waals surface area contributed by atoms with Crippen molar-refractivity contribution in [2.24, 2.45) is 5.92 Å². The Labute approximate surface area is 157 Å². The third kappa shape index (κ3) is 2.72. The number of thiophene rings is 1. The summed E-state index contributed by atoms with van der Waals surface area (Å²) in [5.74, 6) is 3.00. The van der Waals surface area contributed by atoms with Gasteiger partial charge < -0.3 is 9.80 Å². The molecule has 3 aromatic rings. The number of anilines is 2. The third-order valence-electron chi connectivity index (χ3n) is 5.62. The van der Waals surface area contributed by atoms with Crippen LogP contribution in [0.4, 0.5) is 11.6 Å². The van der Waals surface area contributed by atoms with Crippen LogP contribution in [0.25, 0.3) is 10.2 Å². The molecule has 1 unspecified atom stereocenters. The molecule has 0 saturated carbocycles. The van der Waals surface area contributed by atoms with Crippen LogP contribution < -0.4 is 9.80 Å². The van der Waals surface area contributed by atoms with Gasteiger partial charge in [-0.15, -0.1) is 11.3 Å². The Morgan fingerprint density at radius 3 is 2.69 bits per heavy atom. The number of aryl methyl sites for hydroxylation is 1. The molecule has 1 fully saturated rings. The van der Waals surface area contributed by atoms with E-state index in [0.29, 0.717) is 0 Å². The smallest absolute Gasteiger partial charge is 0.141 e. The minimum Gasteiger partial charge on any atom is -0.353 e. The van der Waals surface area contributed by atoms with Gasteiger partial charge in [-0.2, -0.15) is 0 Å². The van der Waals surface area contributed by atoms with Crippen molar-refractivity contribution in [3.05, 3.63) is 41.2 Å². The van der Waals surface area contributed by atoms with Crippen molar-refractivity contribution in [3.8, 4) is 0 Å². The van der Waals surface area contributed by atoms with E-state index in [1.165, 1.54) is 39.9 Å². The van der Waals surface area contributed by atoms with E-state index in [2.05, 4.69) is 38.8 Å². The van der Waals surface area contributed by atoms with E-state index in [4.69, 9.17) is 4.98 Å². The summed E-state index contributed by atoms with van der Waals surface area (Å²) in [6, 6.07) is 6.12. The molecule has 5 nitrogen and oxygen atoms in total. The highest BCUT2D eigenvalue weighted by atomic mass is 32.1. The van der Waals surface area contributed by atoms with Crippen molar-refractivity contribution in [1.29, 1.82) is 0 Å². The predicted molar refractivity (Wildman–Crippen MR) is 107 cm³/mol. The first kappa shape index (κ1) is 16.0. The molecular formula is C20H23N5S. The molecule has 26 heavy (non-hydrogen) atoms. The lowest BCUT2D eigenvalue weighted by Crippen LogP contribution is -2.47. The first-order valence-electron chi connectivity index (χ1n) is 9.46. The molecule has 0 amide bonds. The summed E-state index contributed by atoms with van der Waals surface area (Å²) >= 11 is 1.88. The van der Waals surface area contributed by atoms with Crippen LogP contribution in [0.15, 0.2) is 30.7 Å². The van der Waals surface area contributed by atoms with E-state index in [1.807, 2.05) is 23.6 Å². The van der Waals surface area contributed by atoms with Crippen molar-refractivity contribution < 1.29 is 0 Å². The fraction of sp³-hybridized carbons (Fsp3) is 0.450. The van der Waals surface area contributed by atoms with Crippen LogP contribution in [0, 0.1) is 5.92 Å². The summed E-state index contributed by atoms with van der Waals surface area (Å²) in [7, 11) is 0. The Morgan fingerprint density at radius 2 is 1.88 bits per heavy atom. The second-order valence-electron chi connectivity index (χ2n) is 7.39. The van der Waals surface area contributed by atoms with Gasteiger partial charge >= 0.3 is 0 Å². The number of nitrogens with zero attached hydrogens (tertiary/aromatic N) is 5. The SMILES string of the molecule is CC1CCc2c(sc3ncnc(N4CCN(c5ccccn5)CC4)c23)C1. The third-order valence-corrected chi connectivity index (χ3v) is 6.79. The monoisotopic (exact) mass is 365 g/mol. The summed E-state index contributed by atoms with van der Waals surface area (Å²) in [6.45, 7) is 6.27. The molecule has 0 aromatic carbocycles. The molecular weight excluding hydrogens is 342 g/mol. The second kappa shape index (κ2) is 6.50. The van der Waals surface area contributed by atoms with Crippen molar-refractivity contribution in [1.82, 2.24) is 15.0 Å². The van der Waals surface area contributed by atoms with Crippen molar-refractivity contribution in [2.75, 3.05) is 36.0 Å². The van der Waals surface area contributed by atoms with Gasteiger partial charge in [0.15, 0.2) is 0 Å². The van der Waals surface area contributed by atoms with E-state index < -0.39 is 0 Å². The maximum atomic E-state index is 4.72. The molecule has 0 spiro atoms. The average molecular weight is 366 g/mol. The quantitative estimate of drug-likeness (QED) is 0.695. The lowest BCUT2D eigenvalue weighted by Gasteiger charge is -2.36. The summed E-state index contributed by atoms with van der Waals surface area (Å²) < 4.78 is 0. The molecule has 1 atom stereocenters. The molecule has 1 saturated heterocycles. The highest BCUT2D eigenvalue weighted by Gasteiger charge is 2.26. The summed E-state index contributed by atoms with van der Waals surface area (Å²) in [4.78, 5) is 21.3. The largest absolute Gasteiger partial charge is 0.353 e. The number of fused-ring (bicyclic) bond motifs is 3. The molecule has 1 aliphatic carbocycles. The zero-order valence-electron chi connectivity index (χ0n) is 15.1. The Morgan fingerprint density at radius 1 is 1.04 bits per heavy atom. The zero-order valence-corrected chi connectivity index (χ0v) is 15.9. The fourth-order valence-corrected chi connectivity index (χ4v) is 5.53. The maximum Gasteiger partial charge on any atom is 0.141 e. The molecule has 1 aliphatic heterocycles. The average Bonchev–Trinajstić information content (AvgIpc) is 3.06. The molecule has 0 bridgehead atoms. The highest BCUT2D eigenvalue weighted by Crippen LogP contribution is 2.40. The fourth-order valence-electron chi connectivity index (χ4n) is 4.19. The minimum absolute atomic E-state index is 0.786. The van der Waals surface area contributed by atoms with Gasteiger partial charge in [-0.1, -0.05) is 13.0 Å². The van der Waals surface area contributed by atoms with Crippen LogP contribution in [-0.2, 0) is 12.8 Å². The van der Waals surface area contributed by atoms with Crippen LogP contribution in [-0.4, -0.2) is 41.1 Å². The van der Waals surface area contributed by atoms with Gasteiger partial charge in [0, 0.05) is 37.3 Å². The highest BCUT2D eigenvalue weighted by molar-refractivity contribution is 7.19. The first-order valence-corrected chi connectivity index (χ1v) is 10.3. The second-order valence-corrected chi connectivity index (χ2v) is 8.47. The van der Waals surface area contributed by atoms with Gasteiger partial charge in [-0.25, -0.2) is 15.0 Å². The van der Waals surface area contributed by atoms with Crippen LogP contribution in [0.1, 0.15) is 23.8 Å². The molecule has 0 radical (unpaired) electrons. The van der Waals surface area contributed by atoms with Crippen LogP contribution in [0.2, 0.25) is 0 Å². The van der Waals surface area contributed by atoms with E-state index in [1.54, 1.807) is 6.33 Å². The summed E-state index contributed by atoms with van der Waals surface area (Å²) in [5, 5.41) is 1.32. The van der Waals surface area contributed by atoms with Crippen LogP contribution in [0.5, 0.6) is 0 Å². The van der Waals surface area contributed by atoms with Gasteiger partial charge in [-0.05, 0) is 42.9 Å². The van der Waals surface area contributed by atoms with Crippen LogP contribution in [0.3, 0.4) is 0 Å². The molecule has 0 N–H and O–H groups in total. The molecule has 6 heteroatoms. The predicted octanol–water partition coefficient (Wildman–Crippen LogP) is 3.54. The van der Waals surface area contributed by atoms with Gasteiger partial charge in [0.1, 0.15) is 22.8 Å². The number of pyridine rings is 1. The van der Waals surface area contributed by atoms with E-state index in [-0.39, 0.29) is 0 Å². The van der Waals surface area contributed by atoms with E-state index in [9.17, 15) is 0 Å². The number of piperazine rings is 1. The Hall–Kier alpha value is -2.21. The molecule has 2 aliphatic rings. The van der Waals surface area contributed by atoms with E-state index in [0.717, 1.165) is 43.7 Å². The van der Waals surface area contributed by atoms with Gasteiger partial charge in [0.2, 0.25) is 0 Å². The van der Waals surface area contributed by atoms with Crippen molar-refractivity contribution >= 4 is 33.2 Å². The molecule has 134 valence electrons. The number of rotatable bonds is 2.